The molecular weight excluding hydrogens is 284 g/mol. The van der Waals surface area contributed by atoms with Crippen LogP contribution in [-0.4, -0.2) is 5.78 Å². The summed E-state index contributed by atoms with van der Waals surface area (Å²) in [6.07, 6.45) is 0. The number of aryl methyl sites for hydroxylation is 1. The number of hydrogen-bond donors (Lipinski definition) is 0. The van der Waals surface area contributed by atoms with E-state index in [1.54, 1.807) is 11.3 Å². The minimum atomic E-state index is 0.108. The molecule has 82 valence electrons. The second kappa shape index (κ2) is 4.52. The van der Waals surface area contributed by atoms with Gasteiger partial charge in [0.15, 0.2) is 0 Å². The number of hydrogen-bond acceptors (Lipinski definition) is 2. The highest BCUT2D eigenvalue weighted by Crippen LogP contribution is 2.24. The van der Waals surface area contributed by atoms with Crippen LogP contribution in [0.15, 0.2) is 34.8 Å². The van der Waals surface area contributed by atoms with E-state index in [1.165, 1.54) is 0 Å². The molecule has 0 unspecified atom stereocenters. The zero-order valence-corrected chi connectivity index (χ0v) is 11.5. The van der Waals surface area contributed by atoms with Crippen molar-refractivity contribution in [2.45, 2.75) is 13.8 Å². The van der Waals surface area contributed by atoms with Gasteiger partial charge in [0.2, 0.25) is 5.78 Å². The largest absolute Gasteiger partial charge is 0.288 e. The molecule has 1 nitrogen and oxygen atoms in total. The number of carbonyl (C=O) groups is 1. The Balaban J connectivity index is 2.45. The minimum Gasteiger partial charge on any atom is -0.288 e. The highest BCUT2D eigenvalue weighted by Gasteiger charge is 2.14. The van der Waals surface area contributed by atoms with Crippen LogP contribution in [-0.2, 0) is 0 Å². The van der Waals surface area contributed by atoms with Crippen LogP contribution in [0.25, 0.3) is 0 Å². The summed E-state index contributed by atoms with van der Waals surface area (Å²) < 4.78 is 0.978. The van der Waals surface area contributed by atoms with Gasteiger partial charge in [0.05, 0.1) is 4.88 Å². The van der Waals surface area contributed by atoms with Crippen LogP contribution >= 0.6 is 27.3 Å². The van der Waals surface area contributed by atoms with Crippen LogP contribution in [0.4, 0.5) is 0 Å². The van der Waals surface area contributed by atoms with Crippen LogP contribution in [0, 0.1) is 13.8 Å². The highest BCUT2D eigenvalue weighted by atomic mass is 79.9. The van der Waals surface area contributed by atoms with Crippen LogP contribution in [0.5, 0.6) is 0 Å². The summed E-state index contributed by atoms with van der Waals surface area (Å²) >= 11 is 4.98. The maximum atomic E-state index is 12.2. The lowest BCUT2D eigenvalue weighted by Crippen LogP contribution is -2.01. The van der Waals surface area contributed by atoms with Crippen LogP contribution in [0.2, 0.25) is 0 Å². The van der Waals surface area contributed by atoms with Gasteiger partial charge >= 0.3 is 0 Å². The average molecular weight is 295 g/mol. The molecule has 1 heterocycles. The Morgan fingerprint density at radius 2 is 1.94 bits per heavy atom. The van der Waals surface area contributed by atoms with E-state index in [0.29, 0.717) is 0 Å². The third-order valence-electron chi connectivity index (χ3n) is 2.48. The molecule has 0 aliphatic rings. The van der Waals surface area contributed by atoms with E-state index in [-0.39, 0.29) is 5.78 Å². The summed E-state index contributed by atoms with van der Waals surface area (Å²) in [5, 5.41) is 0. The first-order valence-electron chi connectivity index (χ1n) is 4.96. The fourth-order valence-corrected chi connectivity index (χ4v) is 2.73. The van der Waals surface area contributed by atoms with Crippen LogP contribution in [0.1, 0.15) is 25.7 Å². The van der Waals surface area contributed by atoms with E-state index in [4.69, 9.17) is 0 Å². The summed E-state index contributed by atoms with van der Waals surface area (Å²) in [5.74, 6) is 0.108. The summed E-state index contributed by atoms with van der Waals surface area (Å²) in [7, 11) is 0. The molecule has 0 spiro atoms. The molecular formula is C13H11BrOS. The van der Waals surface area contributed by atoms with Crippen LogP contribution < -0.4 is 0 Å². The van der Waals surface area contributed by atoms with Crippen molar-refractivity contribution in [3.63, 3.8) is 0 Å². The van der Waals surface area contributed by atoms with Crippen molar-refractivity contribution in [3.05, 3.63) is 55.7 Å². The lowest BCUT2D eigenvalue weighted by atomic mass is 10.0. The molecule has 0 saturated carbocycles. The number of thiophene rings is 1. The third-order valence-corrected chi connectivity index (χ3v) is 4.34. The Morgan fingerprint density at radius 1 is 1.19 bits per heavy atom. The van der Waals surface area contributed by atoms with E-state index < -0.39 is 0 Å². The molecule has 0 atom stereocenters. The fraction of sp³-hybridized carbons (Fsp3) is 0.154. The van der Waals surface area contributed by atoms with Crippen molar-refractivity contribution >= 4 is 33.0 Å². The summed E-state index contributed by atoms with van der Waals surface area (Å²) in [6.45, 7) is 3.97. The minimum absolute atomic E-state index is 0.108. The maximum Gasteiger partial charge on any atom is 0.203 e. The van der Waals surface area contributed by atoms with Crippen molar-refractivity contribution in [2.24, 2.45) is 0 Å². The predicted octanol–water partition coefficient (Wildman–Crippen LogP) is 4.36. The lowest BCUT2D eigenvalue weighted by molar-refractivity contribution is 0.104. The van der Waals surface area contributed by atoms with E-state index in [1.807, 2.05) is 44.2 Å². The number of halogens is 1. The molecule has 0 bridgehead atoms. The Labute approximate surface area is 107 Å². The molecule has 1 aromatic heterocycles. The average Bonchev–Trinajstić information content (AvgIpc) is 2.68. The number of carbonyl (C=O) groups excluding carboxylic acids is 1. The number of ketones is 1. The SMILES string of the molecule is Cc1ccc(C(=O)c2cccc(Br)c2C)s1. The second-order valence-corrected chi connectivity index (χ2v) is 5.79. The van der Waals surface area contributed by atoms with Gasteiger partial charge in [-0.05, 0) is 37.6 Å². The molecule has 0 aliphatic heterocycles. The van der Waals surface area contributed by atoms with Gasteiger partial charge in [0.1, 0.15) is 0 Å². The summed E-state index contributed by atoms with van der Waals surface area (Å²) in [5.41, 5.74) is 1.77. The number of benzene rings is 1. The molecule has 0 fully saturated rings. The normalized spacial score (nSPS) is 10.4. The zero-order chi connectivity index (χ0) is 11.7. The summed E-state index contributed by atoms with van der Waals surface area (Å²) in [4.78, 5) is 14.2. The smallest absolute Gasteiger partial charge is 0.203 e. The van der Waals surface area contributed by atoms with E-state index in [2.05, 4.69) is 15.9 Å². The molecule has 2 rings (SSSR count). The topological polar surface area (TPSA) is 17.1 Å². The monoisotopic (exact) mass is 294 g/mol. The van der Waals surface area contributed by atoms with E-state index in [9.17, 15) is 4.79 Å². The summed E-state index contributed by atoms with van der Waals surface area (Å²) in [6, 6.07) is 9.59. The zero-order valence-electron chi connectivity index (χ0n) is 9.08. The Bertz CT molecular complexity index is 543. The van der Waals surface area contributed by atoms with E-state index in [0.717, 1.165) is 25.4 Å². The van der Waals surface area contributed by atoms with Gasteiger partial charge in [-0.15, -0.1) is 11.3 Å². The molecule has 2 aromatic rings. The van der Waals surface area contributed by atoms with Crippen molar-refractivity contribution in [2.75, 3.05) is 0 Å². The molecule has 1 aromatic carbocycles. The highest BCUT2D eigenvalue weighted by molar-refractivity contribution is 9.10. The molecule has 0 saturated heterocycles. The maximum absolute atomic E-state index is 12.2. The first-order valence-corrected chi connectivity index (χ1v) is 6.57. The van der Waals surface area contributed by atoms with Crippen molar-refractivity contribution in [1.29, 1.82) is 0 Å². The van der Waals surface area contributed by atoms with Crippen LogP contribution in [0.3, 0.4) is 0 Å². The Hall–Kier alpha value is -0.930. The molecule has 0 amide bonds. The van der Waals surface area contributed by atoms with Gasteiger partial charge in [0, 0.05) is 14.9 Å². The Morgan fingerprint density at radius 3 is 2.56 bits per heavy atom. The van der Waals surface area contributed by atoms with Gasteiger partial charge in [-0.3, -0.25) is 4.79 Å². The Kier molecular flexibility index (Phi) is 3.26. The predicted molar refractivity (Wildman–Crippen MR) is 71.4 cm³/mol. The molecule has 0 aliphatic carbocycles. The van der Waals surface area contributed by atoms with Crippen molar-refractivity contribution < 1.29 is 4.79 Å². The first-order chi connectivity index (χ1) is 7.59. The van der Waals surface area contributed by atoms with Gasteiger partial charge in [-0.25, -0.2) is 0 Å². The van der Waals surface area contributed by atoms with Gasteiger partial charge in [0.25, 0.3) is 0 Å². The van der Waals surface area contributed by atoms with Gasteiger partial charge in [-0.1, -0.05) is 28.1 Å². The molecule has 16 heavy (non-hydrogen) atoms. The fourth-order valence-electron chi connectivity index (χ4n) is 1.54. The quantitative estimate of drug-likeness (QED) is 0.752. The second-order valence-electron chi connectivity index (χ2n) is 3.65. The lowest BCUT2D eigenvalue weighted by Gasteiger charge is -2.04. The molecule has 0 N–H and O–H groups in total. The molecule has 3 heteroatoms. The van der Waals surface area contributed by atoms with Gasteiger partial charge in [-0.2, -0.15) is 0 Å². The van der Waals surface area contributed by atoms with Gasteiger partial charge < -0.3 is 0 Å². The van der Waals surface area contributed by atoms with E-state index >= 15 is 0 Å². The number of rotatable bonds is 2. The first kappa shape index (κ1) is 11.6. The molecule has 0 radical (unpaired) electrons. The van der Waals surface area contributed by atoms with Crippen molar-refractivity contribution in [1.82, 2.24) is 0 Å². The van der Waals surface area contributed by atoms with Crippen molar-refractivity contribution in [3.8, 4) is 0 Å². The standard InChI is InChI=1S/C13H11BrOS/c1-8-6-7-12(16-8)13(15)10-4-3-5-11(14)9(10)2/h3-7H,1-2H3. The third kappa shape index (κ3) is 2.11.